The molecule has 0 atom stereocenters. The van der Waals surface area contributed by atoms with Gasteiger partial charge < -0.3 is 4.74 Å². The summed E-state index contributed by atoms with van der Waals surface area (Å²) in [6.07, 6.45) is 3.02. The van der Waals surface area contributed by atoms with Crippen molar-refractivity contribution in [3.05, 3.63) is 78.5 Å². The predicted octanol–water partition coefficient (Wildman–Crippen LogP) is 3.86. The largest absolute Gasteiger partial charge is 0.473 e. The minimum Gasteiger partial charge on any atom is -0.473 e. The first-order chi connectivity index (χ1) is 10.3. The zero-order valence-electron chi connectivity index (χ0n) is 11.2. The van der Waals surface area contributed by atoms with E-state index < -0.39 is 5.95 Å². The number of hydrogen-bond donors (Lipinski definition) is 0. The van der Waals surface area contributed by atoms with Gasteiger partial charge in [-0.15, -0.1) is 0 Å². The molecule has 0 saturated carbocycles. The van der Waals surface area contributed by atoms with Crippen molar-refractivity contribution >= 4 is 0 Å². The Morgan fingerprint density at radius 1 is 0.905 bits per heavy atom. The van der Waals surface area contributed by atoms with E-state index in [2.05, 4.69) is 9.97 Å². The van der Waals surface area contributed by atoms with Gasteiger partial charge in [-0.1, -0.05) is 30.3 Å². The fourth-order valence-electron chi connectivity index (χ4n) is 1.99. The number of nitrogens with zero attached hydrogens (tertiary/aromatic N) is 2. The Balaban J connectivity index is 1.79. The summed E-state index contributed by atoms with van der Waals surface area (Å²) in [5, 5.41) is 0. The van der Waals surface area contributed by atoms with Crippen molar-refractivity contribution in [3.8, 4) is 17.0 Å². The summed E-state index contributed by atoms with van der Waals surface area (Å²) in [5.74, 6) is -0.0442. The first kappa shape index (κ1) is 13.2. The lowest BCUT2D eigenvalue weighted by Crippen LogP contribution is -1.97. The molecule has 0 aliphatic carbocycles. The average molecular weight is 280 g/mol. The van der Waals surface area contributed by atoms with Crippen LogP contribution < -0.4 is 4.74 Å². The van der Waals surface area contributed by atoms with Gasteiger partial charge in [0.2, 0.25) is 11.8 Å². The molecule has 3 aromatic rings. The third kappa shape index (κ3) is 3.23. The van der Waals surface area contributed by atoms with Gasteiger partial charge in [0.25, 0.3) is 0 Å². The summed E-state index contributed by atoms with van der Waals surface area (Å²) >= 11 is 0. The van der Waals surface area contributed by atoms with Crippen LogP contribution in [0.4, 0.5) is 4.39 Å². The van der Waals surface area contributed by atoms with Crippen molar-refractivity contribution in [3.63, 3.8) is 0 Å². The molecule has 0 saturated heterocycles. The van der Waals surface area contributed by atoms with Gasteiger partial charge in [0.15, 0.2) is 0 Å². The summed E-state index contributed by atoms with van der Waals surface area (Å²) in [6, 6.07) is 16.6. The third-order valence-electron chi connectivity index (χ3n) is 3.03. The second kappa shape index (κ2) is 6.13. The molecule has 0 unspecified atom stereocenters. The van der Waals surface area contributed by atoms with Crippen LogP contribution in [0.2, 0.25) is 0 Å². The molecule has 3 nitrogen and oxygen atoms in total. The molecular weight excluding hydrogens is 267 g/mol. The zero-order valence-corrected chi connectivity index (χ0v) is 11.2. The van der Waals surface area contributed by atoms with Gasteiger partial charge in [-0.25, -0.2) is 9.97 Å². The average Bonchev–Trinajstić information content (AvgIpc) is 2.55. The van der Waals surface area contributed by atoms with Crippen LogP contribution in [0.5, 0.6) is 5.88 Å². The maximum absolute atomic E-state index is 13.7. The summed E-state index contributed by atoms with van der Waals surface area (Å²) in [4.78, 5) is 7.80. The molecule has 104 valence electrons. The molecule has 0 aliphatic heterocycles. The van der Waals surface area contributed by atoms with E-state index in [9.17, 15) is 4.39 Å². The van der Waals surface area contributed by atoms with Gasteiger partial charge in [-0.3, -0.25) is 0 Å². The van der Waals surface area contributed by atoms with Crippen LogP contribution in [0.3, 0.4) is 0 Å². The summed E-state index contributed by atoms with van der Waals surface area (Å²) in [7, 11) is 0. The molecule has 0 amide bonds. The zero-order chi connectivity index (χ0) is 14.5. The van der Waals surface area contributed by atoms with Crippen molar-refractivity contribution in [2.75, 3.05) is 0 Å². The fourth-order valence-corrected chi connectivity index (χ4v) is 1.99. The number of rotatable bonds is 4. The maximum atomic E-state index is 13.7. The van der Waals surface area contributed by atoms with Gasteiger partial charge in [0.05, 0.1) is 0 Å². The van der Waals surface area contributed by atoms with Crippen molar-refractivity contribution in [2.24, 2.45) is 0 Å². The Labute approximate surface area is 122 Å². The molecule has 0 bridgehead atoms. The Hall–Kier alpha value is -2.75. The maximum Gasteiger partial charge on any atom is 0.220 e. The Kier molecular flexibility index (Phi) is 3.87. The molecule has 0 spiro atoms. The third-order valence-corrected chi connectivity index (χ3v) is 3.03. The number of pyridine rings is 2. The van der Waals surface area contributed by atoms with Crippen molar-refractivity contribution in [2.45, 2.75) is 6.61 Å². The van der Waals surface area contributed by atoms with E-state index in [1.54, 1.807) is 30.5 Å². The van der Waals surface area contributed by atoms with Crippen LogP contribution in [0.1, 0.15) is 5.56 Å². The predicted molar refractivity (Wildman–Crippen MR) is 78.2 cm³/mol. The molecule has 2 heterocycles. The van der Waals surface area contributed by atoms with E-state index in [0.29, 0.717) is 23.6 Å². The van der Waals surface area contributed by atoms with E-state index in [-0.39, 0.29) is 0 Å². The quantitative estimate of drug-likeness (QED) is 0.681. The highest BCUT2D eigenvalue weighted by Gasteiger charge is 2.07. The first-order valence-corrected chi connectivity index (χ1v) is 6.56. The SMILES string of the molecule is Fc1ncccc1-c1ccnc(OCc2ccccc2)c1. The van der Waals surface area contributed by atoms with Crippen LogP contribution in [0.15, 0.2) is 67.0 Å². The lowest BCUT2D eigenvalue weighted by Gasteiger charge is -2.07. The number of hydrogen-bond acceptors (Lipinski definition) is 3. The highest BCUT2D eigenvalue weighted by Crippen LogP contribution is 2.23. The fraction of sp³-hybridized carbons (Fsp3) is 0.0588. The van der Waals surface area contributed by atoms with Crippen LogP contribution in [0.25, 0.3) is 11.1 Å². The van der Waals surface area contributed by atoms with Gasteiger partial charge in [-0.05, 0) is 29.3 Å². The van der Waals surface area contributed by atoms with E-state index in [1.807, 2.05) is 30.3 Å². The van der Waals surface area contributed by atoms with Gasteiger partial charge in [-0.2, -0.15) is 4.39 Å². The van der Waals surface area contributed by atoms with E-state index >= 15 is 0 Å². The number of aromatic nitrogens is 2. The number of halogens is 1. The van der Waals surface area contributed by atoms with Crippen LogP contribution in [-0.2, 0) is 6.61 Å². The molecule has 0 N–H and O–H groups in total. The minimum atomic E-state index is -0.502. The van der Waals surface area contributed by atoms with Gasteiger partial charge >= 0.3 is 0 Å². The van der Waals surface area contributed by atoms with E-state index in [4.69, 9.17) is 4.74 Å². The molecule has 2 aromatic heterocycles. The Bertz CT molecular complexity index is 732. The molecule has 0 radical (unpaired) electrons. The summed E-state index contributed by atoms with van der Waals surface area (Å²) in [6.45, 7) is 0.423. The van der Waals surface area contributed by atoms with Crippen molar-refractivity contribution in [1.82, 2.24) is 9.97 Å². The van der Waals surface area contributed by atoms with E-state index in [1.165, 1.54) is 6.20 Å². The van der Waals surface area contributed by atoms with Crippen LogP contribution in [0, 0.1) is 5.95 Å². The number of ether oxygens (including phenoxy) is 1. The van der Waals surface area contributed by atoms with Crippen LogP contribution >= 0.6 is 0 Å². The Morgan fingerprint density at radius 2 is 1.76 bits per heavy atom. The van der Waals surface area contributed by atoms with Crippen LogP contribution in [-0.4, -0.2) is 9.97 Å². The Morgan fingerprint density at radius 3 is 2.57 bits per heavy atom. The summed E-state index contributed by atoms with van der Waals surface area (Å²) < 4.78 is 19.3. The summed E-state index contributed by atoms with van der Waals surface area (Å²) in [5.41, 5.74) is 2.18. The van der Waals surface area contributed by atoms with Crippen molar-refractivity contribution < 1.29 is 9.13 Å². The molecule has 4 heteroatoms. The van der Waals surface area contributed by atoms with Gasteiger partial charge in [0, 0.05) is 24.0 Å². The lowest BCUT2D eigenvalue weighted by molar-refractivity contribution is 0.294. The van der Waals surface area contributed by atoms with Crippen molar-refractivity contribution in [1.29, 1.82) is 0 Å². The monoisotopic (exact) mass is 280 g/mol. The second-order valence-electron chi connectivity index (χ2n) is 4.50. The molecule has 0 aliphatic rings. The first-order valence-electron chi connectivity index (χ1n) is 6.56. The van der Waals surface area contributed by atoms with E-state index in [0.717, 1.165) is 5.56 Å². The molecular formula is C17H13FN2O. The second-order valence-corrected chi connectivity index (χ2v) is 4.50. The topological polar surface area (TPSA) is 35.0 Å². The standard InChI is InChI=1S/C17H13FN2O/c18-17-15(7-4-9-20-17)14-8-10-19-16(11-14)21-12-13-5-2-1-3-6-13/h1-11H,12H2. The normalized spacial score (nSPS) is 10.3. The lowest BCUT2D eigenvalue weighted by atomic mass is 10.1. The smallest absolute Gasteiger partial charge is 0.220 e. The molecule has 1 aromatic carbocycles. The highest BCUT2D eigenvalue weighted by molar-refractivity contribution is 5.63. The molecule has 3 rings (SSSR count). The highest BCUT2D eigenvalue weighted by atomic mass is 19.1. The van der Waals surface area contributed by atoms with Gasteiger partial charge in [0.1, 0.15) is 6.61 Å². The number of benzene rings is 1. The molecule has 21 heavy (non-hydrogen) atoms. The minimum absolute atomic E-state index is 0.423. The molecule has 0 fully saturated rings.